The molecule has 55 heavy (non-hydrogen) atoms. The van der Waals surface area contributed by atoms with Gasteiger partial charge in [-0.15, -0.1) is 0 Å². The lowest BCUT2D eigenvalue weighted by atomic mass is 9.31. The van der Waals surface area contributed by atoms with E-state index in [1.165, 1.54) is 48.8 Å². The molecule has 2 unspecified atom stereocenters. The zero-order valence-electron chi connectivity index (χ0n) is 34.7. The number of carbonyl (C=O) groups is 5. The van der Waals surface area contributed by atoms with E-state index < -0.39 is 111 Å². The number of ether oxygens (including phenoxy) is 9. The van der Waals surface area contributed by atoms with Gasteiger partial charge in [0.25, 0.3) is 0 Å². The molecule has 4 saturated carbocycles. The summed E-state index contributed by atoms with van der Waals surface area (Å²) >= 11 is 0. The Bertz CT molecular complexity index is 1530. The van der Waals surface area contributed by atoms with Crippen LogP contribution in [0.15, 0.2) is 0 Å². The number of fused-ring (bicyclic) bond motifs is 7. The third kappa shape index (κ3) is 6.12. The highest BCUT2D eigenvalue weighted by Gasteiger charge is 2.88. The van der Waals surface area contributed by atoms with Crippen molar-refractivity contribution in [2.45, 2.75) is 136 Å². The van der Waals surface area contributed by atoms with Gasteiger partial charge in [0.15, 0.2) is 12.2 Å². The number of rotatable bonds is 12. The first kappa shape index (κ1) is 43.3. The number of carbonyl (C=O) groups excluding carboxylic acids is 5. The first-order valence-corrected chi connectivity index (χ1v) is 19.3. The smallest absolute Gasteiger partial charge is 0.303 e. The average Bonchev–Trinajstić information content (AvgIpc) is 3.80. The SMILES string of the molecule is COC[C@H]1[C@]2(C)CC[C@@H]3[C@](C)([C@H](OC(C)=O)[C@H](OC(C)=O)[C@]4(C)[C@@]3(O)C[C@H](C)C3O[C@]34COC)[C@H]2[C@H](OC(C)=O)[C@H](OC(C)=O)[C@]1(COC)C(C)OC(C)=O. The first-order chi connectivity index (χ1) is 25.5. The lowest BCUT2D eigenvalue weighted by Crippen LogP contribution is -2.84. The van der Waals surface area contributed by atoms with Gasteiger partial charge in [-0.2, -0.15) is 0 Å². The summed E-state index contributed by atoms with van der Waals surface area (Å²) in [6, 6.07) is 0. The number of hydrogen-bond acceptors (Lipinski definition) is 15. The molecule has 1 aliphatic heterocycles. The molecule has 16 atom stereocenters. The van der Waals surface area contributed by atoms with E-state index in [4.69, 9.17) is 42.6 Å². The molecule has 0 aromatic carbocycles. The van der Waals surface area contributed by atoms with Gasteiger partial charge in [-0.25, -0.2) is 0 Å². The molecule has 5 rings (SSSR count). The van der Waals surface area contributed by atoms with Gasteiger partial charge >= 0.3 is 29.8 Å². The zero-order valence-corrected chi connectivity index (χ0v) is 34.7. The molecule has 0 amide bonds. The highest BCUT2D eigenvalue weighted by Crippen LogP contribution is 2.78. The molecule has 0 spiro atoms. The highest BCUT2D eigenvalue weighted by molar-refractivity contribution is 5.69. The number of epoxide rings is 1. The second kappa shape index (κ2) is 14.8. The summed E-state index contributed by atoms with van der Waals surface area (Å²) in [7, 11) is 4.56. The van der Waals surface area contributed by atoms with Crippen LogP contribution in [0.3, 0.4) is 0 Å². The van der Waals surface area contributed by atoms with Gasteiger partial charge in [-0.1, -0.05) is 27.7 Å². The molecule has 4 aliphatic carbocycles. The average molecular weight is 783 g/mol. The molecule has 5 fully saturated rings. The first-order valence-electron chi connectivity index (χ1n) is 19.3. The van der Waals surface area contributed by atoms with Gasteiger partial charge in [0.05, 0.1) is 42.4 Å². The molecule has 1 N–H and O–H groups in total. The molecule has 0 aromatic heterocycles. The van der Waals surface area contributed by atoms with Gasteiger partial charge in [0.1, 0.15) is 23.9 Å². The lowest BCUT2D eigenvalue weighted by Gasteiger charge is -2.75. The van der Waals surface area contributed by atoms with Gasteiger partial charge in [0, 0.05) is 73.2 Å². The third-order valence-electron chi connectivity index (χ3n) is 14.8. The topological polar surface area (TPSA) is 192 Å². The van der Waals surface area contributed by atoms with E-state index in [0.29, 0.717) is 12.8 Å². The van der Waals surface area contributed by atoms with Crippen molar-refractivity contribution in [2.75, 3.05) is 41.2 Å². The Morgan fingerprint density at radius 1 is 0.764 bits per heavy atom. The lowest BCUT2D eigenvalue weighted by molar-refractivity contribution is -0.368. The molecule has 1 heterocycles. The number of esters is 5. The minimum Gasteiger partial charge on any atom is -0.462 e. The van der Waals surface area contributed by atoms with Crippen molar-refractivity contribution < 1.29 is 71.7 Å². The normalized spacial score (nSPS) is 46.0. The van der Waals surface area contributed by atoms with Crippen molar-refractivity contribution >= 4 is 29.8 Å². The van der Waals surface area contributed by atoms with Crippen molar-refractivity contribution in [3.63, 3.8) is 0 Å². The van der Waals surface area contributed by atoms with E-state index in [1.807, 2.05) is 27.7 Å². The zero-order chi connectivity index (χ0) is 41.3. The van der Waals surface area contributed by atoms with E-state index in [0.717, 1.165) is 0 Å². The maximum absolute atomic E-state index is 13.7. The molecule has 0 radical (unpaired) electrons. The molecule has 0 bridgehead atoms. The van der Waals surface area contributed by atoms with E-state index >= 15 is 0 Å². The minimum atomic E-state index is -1.63. The summed E-state index contributed by atoms with van der Waals surface area (Å²) in [5.74, 6) is -5.65. The summed E-state index contributed by atoms with van der Waals surface area (Å²) < 4.78 is 55.5. The Hall–Kier alpha value is -2.85. The van der Waals surface area contributed by atoms with Gasteiger partial charge in [-0.3, -0.25) is 24.0 Å². The van der Waals surface area contributed by atoms with Gasteiger partial charge < -0.3 is 47.7 Å². The molecular weight excluding hydrogens is 720 g/mol. The quantitative estimate of drug-likeness (QED) is 0.172. The van der Waals surface area contributed by atoms with Crippen LogP contribution >= 0.6 is 0 Å². The molecule has 0 aromatic rings. The van der Waals surface area contributed by atoms with Crippen molar-refractivity contribution in [1.82, 2.24) is 0 Å². The number of methoxy groups -OCH3 is 3. The van der Waals surface area contributed by atoms with E-state index in [-0.39, 0.29) is 38.3 Å². The predicted octanol–water partition coefficient (Wildman–Crippen LogP) is 3.19. The van der Waals surface area contributed by atoms with Crippen LogP contribution < -0.4 is 0 Å². The highest BCUT2D eigenvalue weighted by atomic mass is 16.6. The Balaban J connectivity index is 1.91. The maximum atomic E-state index is 13.7. The summed E-state index contributed by atoms with van der Waals surface area (Å²) in [5.41, 5.74) is -7.80. The van der Waals surface area contributed by atoms with E-state index in [2.05, 4.69) is 0 Å². The van der Waals surface area contributed by atoms with Crippen molar-refractivity contribution in [3.05, 3.63) is 0 Å². The largest absolute Gasteiger partial charge is 0.462 e. The van der Waals surface area contributed by atoms with Gasteiger partial charge in [-0.05, 0) is 43.4 Å². The Kier molecular flexibility index (Phi) is 11.7. The monoisotopic (exact) mass is 782 g/mol. The van der Waals surface area contributed by atoms with Crippen LogP contribution in [-0.2, 0) is 66.6 Å². The molecular formula is C40H62O15. The molecule has 5 aliphatic rings. The predicted molar refractivity (Wildman–Crippen MR) is 192 cm³/mol. The Morgan fingerprint density at radius 2 is 1.31 bits per heavy atom. The van der Waals surface area contributed by atoms with Crippen molar-refractivity contribution in [3.8, 4) is 0 Å². The Morgan fingerprint density at radius 3 is 1.82 bits per heavy atom. The molecule has 312 valence electrons. The van der Waals surface area contributed by atoms with Crippen LogP contribution in [0.25, 0.3) is 0 Å². The molecule has 15 nitrogen and oxygen atoms in total. The van der Waals surface area contributed by atoms with Crippen LogP contribution in [0.2, 0.25) is 0 Å². The van der Waals surface area contributed by atoms with Crippen LogP contribution in [0.5, 0.6) is 0 Å². The Labute approximate surface area is 324 Å². The van der Waals surface area contributed by atoms with Crippen LogP contribution in [0, 0.1) is 45.3 Å². The summed E-state index contributed by atoms with van der Waals surface area (Å²) in [5, 5.41) is 13.7. The molecule has 1 saturated heterocycles. The van der Waals surface area contributed by atoms with E-state index in [1.54, 1.807) is 14.0 Å². The fourth-order valence-corrected chi connectivity index (χ4v) is 13.2. The van der Waals surface area contributed by atoms with E-state index in [9.17, 15) is 29.1 Å². The maximum Gasteiger partial charge on any atom is 0.303 e. The van der Waals surface area contributed by atoms with Crippen LogP contribution in [0.1, 0.15) is 88.5 Å². The molecule has 15 heteroatoms. The summed E-state index contributed by atoms with van der Waals surface area (Å²) in [6.45, 7) is 15.8. The van der Waals surface area contributed by atoms with Crippen molar-refractivity contribution in [1.29, 1.82) is 0 Å². The minimum absolute atomic E-state index is 0.0599. The second-order valence-electron chi connectivity index (χ2n) is 17.6. The van der Waals surface area contributed by atoms with Gasteiger partial charge in [0.2, 0.25) is 0 Å². The fourth-order valence-electron chi connectivity index (χ4n) is 13.2. The summed E-state index contributed by atoms with van der Waals surface area (Å²) in [4.78, 5) is 65.9. The summed E-state index contributed by atoms with van der Waals surface area (Å²) in [6.07, 6.45) is -5.41. The third-order valence-corrected chi connectivity index (χ3v) is 14.8. The van der Waals surface area contributed by atoms with Crippen molar-refractivity contribution in [2.24, 2.45) is 45.3 Å². The van der Waals surface area contributed by atoms with Crippen LogP contribution in [-0.4, -0.2) is 124 Å². The van der Waals surface area contributed by atoms with Crippen LogP contribution in [0.4, 0.5) is 0 Å². The number of aliphatic hydroxyl groups is 1. The number of hydrogen-bond donors (Lipinski definition) is 1. The standard InChI is InChI=1S/C40H62O15/c1-20-16-39(46)27-14-15-35(8)28(17-47-11)38(18-48-12,21(2)50-22(3)41)32(52-24(5)43)29(51-23(4)42)30(35)36(27,9)33(53-25(6)44)34(54-26(7)45)37(39,10)40(19-49-13)31(20)55-40/h20-21,27-34,46H,14-19H2,1-13H3/t20-,21?,27+,28-,29-,30-,31?,32-,33+,34-,35-,36-,37+,38+,39+,40+/m0/s1. The fraction of sp³-hybridized carbons (Fsp3) is 0.875. The second-order valence-corrected chi connectivity index (χ2v) is 17.6.